The van der Waals surface area contributed by atoms with E-state index in [1.165, 1.54) is 0 Å². The van der Waals surface area contributed by atoms with Crippen LogP contribution in [-0.2, 0) is 28.8 Å². The van der Waals surface area contributed by atoms with E-state index < -0.39 is 41.0 Å². The Morgan fingerprint density at radius 1 is 0.953 bits per heavy atom. The molecule has 1 aliphatic rings. The minimum atomic E-state index is -5.97. The predicted molar refractivity (Wildman–Crippen MR) is 149 cm³/mol. The molecular formula is C30H37F6N3O4. The molecule has 0 aromatic heterocycles. The predicted octanol–water partition coefficient (Wildman–Crippen LogP) is 6.57. The molecular weight excluding hydrogens is 580 g/mol. The molecule has 3 N–H and O–H groups in total. The maximum absolute atomic E-state index is 13.5. The van der Waals surface area contributed by atoms with Gasteiger partial charge in [0.15, 0.2) is 0 Å². The standard InChI is InChI=1S/C30H37F6N3O4/c1-6-19-16-22(28(42,29(31,32)33)30(34,35)36)17-20(7-2)24(19)37-14-8-9-15-39-25(40)27(5,38-26(39)41)21-10-12-23(13-11-21)43-18(3)4/h10-13,16-18,37,42H,6-9,14-15H2,1-5H3,(H,38,41). The molecule has 0 bridgehead atoms. The number of alkyl halides is 6. The van der Waals surface area contributed by atoms with E-state index in [1.54, 1.807) is 45.0 Å². The van der Waals surface area contributed by atoms with Crippen molar-refractivity contribution in [3.05, 3.63) is 58.7 Å². The van der Waals surface area contributed by atoms with Crippen molar-refractivity contribution in [2.24, 2.45) is 0 Å². The third kappa shape index (κ3) is 6.71. The van der Waals surface area contributed by atoms with Crippen molar-refractivity contribution >= 4 is 17.6 Å². The summed E-state index contributed by atoms with van der Waals surface area (Å²) in [6.07, 6.45) is -10.9. The number of ether oxygens (including phenoxy) is 1. The van der Waals surface area contributed by atoms with Gasteiger partial charge in [-0.2, -0.15) is 26.3 Å². The number of urea groups is 1. The van der Waals surface area contributed by atoms with Gasteiger partial charge in [0.25, 0.3) is 11.5 Å². The molecule has 0 spiro atoms. The summed E-state index contributed by atoms with van der Waals surface area (Å²) in [5, 5.41) is 15.7. The van der Waals surface area contributed by atoms with Crippen LogP contribution in [0.15, 0.2) is 36.4 Å². The van der Waals surface area contributed by atoms with Gasteiger partial charge < -0.3 is 20.5 Å². The molecule has 0 radical (unpaired) electrons. The number of carbonyl (C=O) groups excluding carboxylic acids is 2. The van der Waals surface area contributed by atoms with E-state index in [1.807, 2.05) is 13.8 Å². The van der Waals surface area contributed by atoms with E-state index in [0.717, 1.165) is 17.0 Å². The molecule has 0 aliphatic carbocycles. The Hall–Kier alpha value is -3.48. The average molecular weight is 618 g/mol. The Bertz CT molecular complexity index is 1270. The Morgan fingerprint density at radius 2 is 1.49 bits per heavy atom. The fraction of sp³-hybridized carbons (Fsp3) is 0.533. The lowest BCUT2D eigenvalue weighted by atomic mass is 9.87. The van der Waals surface area contributed by atoms with Gasteiger partial charge in [-0.05, 0) is 75.3 Å². The van der Waals surface area contributed by atoms with Crippen LogP contribution in [0.4, 0.5) is 36.8 Å². The first kappa shape index (κ1) is 34.0. The molecule has 1 aliphatic heterocycles. The minimum Gasteiger partial charge on any atom is -0.491 e. The number of nitrogens with zero attached hydrogens (tertiary/aromatic N) is 1. The second-order valence-corrected chi connectivity index (χ2v) is 10.9. The first-order valence-electron chi connectivity index (χ1n) is 14.1. The Kier molecular flexibility index (Phi) is 9.99. The molecule has 13 heteroatoms. The first-order valence-corrected chi connectivity index (χ1v) is 14.1. The van der Waals surface area contributed by atoms with Crippen LogP contribution in [0.25, 0.3) is 0 Å². The molecule has 1 atom stereocenters. The topological polar surface area (TPSA) is 90.9 Å². The zero-order valence-electron chi connectivity index (χ0n) is 24.7. The van der Waals surface area contributed by atoms with Crippen molar-refractivity contribution in [3.8, 4) is 5.75 Å². The van der Waals surface area contributed by atoms with E-state index >= 15 is 0 Å². The second-order valence-electron chi connectivity index (χ2n) is 10.9. The van der Waals surface area contributed by atoms with Crippen LogP contribution in [0.3, 0.4) is 0 Å². The maximum Gasteiger partial charge on any atom is 0.430 e. The van der Waals surface area contributed by atoms with E-state index in [2.05, 4.69) is 10.6 Å². The van der Waals surface area contributed by atoms with Crippen molar-refractivity contribution in [3.63, 3.8) is 0 Å². The van der Waals surface area contributed by atoms with Gasteiger partial charge in [-0.25, -0.2) is 4.79 Å². The molecule has 3 rings (SSSR count). The van der Waals surface area contributed by atoms with Gasteiger partial charge in [0.2, 0.25) is 0 Å². The van der Waals surface area contributed by atoms with Gasteiger partial charge in [0.1, 0.15) is 11.3 Å². The van der Waals surface area contributed by atoms with E-state index in [-0.39, 0.29) is 43.2 Å². The normalized spacial score (nSPS) is 17.9. The Labute approximate surface area is 246 Å². The zero-order valence-corrected chi connectivity index (χ0v) is 24.7. The van der Waals surface area contributed by atoms with Gasteiger partial charge in [-0.3, -0.25) is 9.69 Å². The maximum atomic E-state index is 13.5. The number of amides is 3. The SMILES string of the molecule is CCc1cc(C(O)(C(F)(F)F)C(F)(F)F)cc(CC)c1NCCCCN1C(=O)NC(C)(c2ccc(OC(C)C)cc2)C1=O. The van der Waals surface area contributed by atoms with Gasteiger partial charge in [-0.1, -0.05) is 38.1 Å². The summed E-state index contributed by atoms with van der Waals surface area (Å²) in [6, 6.07) is 7.81. The third-order valence-electron chi connectivity index (χ3n) is 7.49. The molecule has 1 fully saturated rings. The molecule has 43 heavy (non-hydrogen) atoms. The van der Waals surface area contributed by atoms with E-state index in [0.29, 0.717) is 29.8 Å². The van der Waals surface area contributed by atoms with Crippen molar-refractivity contribution in [1.82, 2.24) is 10.2 Å². The highest BCUT2D eigenvalue weighted by atomic mass is 19.4. The highest BCUT2D eigenvalue weighted by molar-refractivity contribution is 6.07. The fourth-order valence-electron chi connectivity index (χ4n) is 5.09. The number of hydrogen-bond donors (Lipinski definition) is 3. The number of hydrogen-bond acceptors (Lipinski definition) is 5. The molecule has 1 saturated heterocycles. The lowest BCUT2D eigenvalue weighted by Crippen LogP contribution is -2.54. The van der Waals surface area contributed by atoms with Gasteiger partial charge in [0.05, 0.1) is 6.10 Å². The lowest BCUT2D eigenvalue weighted by molar-refractivity contribution is -0.376. The van der Waals surface area contributed by atoms with Crippen LogP contribution in [0.1, 0.15) is 69.7 Å². The molecule has 2 aromatic rings. The quantitative estimate of drug-likeness (QED) is 0.142. The number of aryl methyl sites for hydroxylation is 2. The summed E-state index contributed by atoms with van der Waals surface area (Å²) in [7, 11) is 0. The van der Waals surface area contributed by atoms with E-state index in [9.17, 15) is 41.0 Å². The number of carbonyl (C=O) groups is 2. The number of nitrogens with one attached hydrogen (secondary N) is 2. The molecule has 3 amide bonds. The average Bonchev–Trinajstić information content (AvgIpc) is 3.14. The van der Waals surface area contributed by atoms with Gasteiger partial charge in [-0.15, -0.1) is 0 Å². The van der Waals surface area contributed by atoms with Crippen LogP contribution in [0, 0.1) is 0 Å². The molecule has 238 valence electrons. The number of anilines is 1. The van der Waals surface area contributed by atoms with Gasteiger partial charge >= 0.3 is 18.4 Å². The lowest BCUT2D eigenvalue weighted by Gasteiger charge is -2.33. The number of unbranched alkanes of at least 4 members (excludes halogenated alkanes) is 1. The summed E-state index contributed by atoms with van der Waals surface area (Å²) in [5.41, 5.74) is -6.17. The molecule has 1 heterocycles. The number of imide groups is 1. The van der Waals surface area contributed by atoms with Crippen LogP contribution in [0.2, 0.25) is 0 Å². The van der Waals surface area contributed by atoms with Crippen molar-refractivity contribution in [2.75, 3.05) is 18.4 Å². The molecule has 2 aromatic carbocycles. The Morgan fingerprint density at radius 3 is 1.95 bits per heavy atom. The van der Waals surface area contributed by atoms with Gasteiger partial charge in [0, 0.05) is 24.3 Å². The monoisotopic (exact) mass is 617 g/mol. The minimum absolute atomic E-state index is 0.0236. The van der Waals surface area contributed by atoms with Crippen LogP contribution >= 0.6 is 0 Å². The largest absolute Gasteiger partial charge is 0.491 e. The van der Waals surface area contributed by atoms with Crippen molar-refractivity contribution < 1.29 is 45.8 Å². The van der Waals surface area contributed by atoms with Crippen LogP contribution < -0.4 is 15.4 Å². The fourth-order valence-corrected chi connectivity index (χ4v) is 5.09. The summed E-state index contributed by atoms with van der Waals surface area (Å²) in [4.78, 5) is 27.0. The van der Waals surface area contributed by atoms with Crippen LogP contribution in [-0.4, -0.2) is 53.5 Å². The summed E-state index contributed by atoms with van der Waals surface area (Å²) in [6.45, 7) is 8.96. The first-order chi connectivity index (χ1) is 19.9. The van der Waals surface area contributed by atoms with Crippen LogP contribution in [0.5, 0.6) is 5.75 Å². The second kappa shape index (κ2) is 12.6. The smallest absolute Gasteiger partial charge is 0.430 e. The number of benzene rings is 2. The Balaban J connectivity index is 1.67. The number of rotatable bonds is 12. The van der Waals surface area contributed by atoms with E-state index in [4.69, 9.17) is 4.74 Å². The summed E-state index contributed by atoms with van der Waals surface area (Å²) >= 11 is 0. The molecule has 7 nitrogen and oxygen atoms in total. The summed E-state index contributed by atoms with van der Waals surface area (Å²) < 4.78 is 86.5. The zero-order chi connectivity index (χ0) is 32.4. The van der Waals surface area contributed by atoms with Crippen molar-refractivity contribution in [2.45, 2.75) is 89.9 Å². The number of aliphatic hydroxyl groups is 1. The third-order valence-corrected chi connectivity index (χ3v) is 7.49. The number of halogens is 6. The highest BCUT2D eigenvalue weighted by Crippen LogP contribution is 2.51. The molecule has 0 saturated carbocycles. The molecule has 1 unspecified atom stereocenters. The van der Waals surface area contributed by atoms with Crippen molar-refractivity contribution in [1.29, 1.82) is 0 Å². The summed E-state index contributed by atoms with van der Waals surface area (Å²) in [5.74, 6) is 0.217. The highest BCUT2D eigenvalue weighted by Gasteiger charge is 2.71.